The minimum absolute atomic E-state index is 0.0378. The number of hydrogen-bond acceptors (Lipinski definition) is 13. The van der Waals surface area contributed by atoms with E-state index >= 15 is 0 Å². The molecule has 220 valence electrons. The molecule has 0 aromatic carbocycles. The van der Waals surface area contributed by atoms with Gasteiger partial charge in [0.1, 0.15) is 36.5 Å². The Morgan fingerprint density at radius 1 is 1.27 bits per heavy atom. The van der Waals surface area contributed by atoms with Crippen LogP contribution in [-0.4, -0.2) is 110 Å². The van der Waals surface area contributed by atoms with Crippen LogP contribution in [0.2, 0.25) is 5.28 Å². The fraction of sp³-hybridized carbons (Fsp3) is 0.667. The summed E-state index contributed by atoms with van der Waals surface area (Å²) in [6.45, 7) is -2.00. The van der Waals surface area contributed by atoms with Gasteiger partial charge in [-0.2, -0.15) is 10.2 Å². The first-order valence-corrected chi connectivity index (χ1v) is 14.5. The number of halogens is 1. The lowest BCUT2D eigenvalue weighted by Crippen LogP contribution is -2.45. The first kappa shape index (κ1) is 29.2. The summed E-state index contributed by atoms with van der Waals surface area (Å²) in [6.07, 6.45) is -1.78. The molecule has 0 unspecified atom stereocenters. The van der Waals surface area contributed by atoms with E-state index in [9.17, 15) is 29.7 Å². The van der Waals surface area contributed by atoms with Crippen molar-refractivity contribution in [3.8, 4) is 0 Å². The van der Waals surface area contributed by atoms with Gasteiger partial charge < -0.3 is 44.6 Å². The predicted molar refractivity (Wildman–Crippen MR) is 135 cm³/mol. The molecule has 0 bridgehead atoms. The van der Waals surface area contributed by atoms with Crippen molar-refractivity contribution in [1.29, 1.82) is 0 Å². The maximum atomic E-state index is 12.3. The fourth-order valence-electron chi connectivity index (χ4n) is 4.58. The average molecular weight is 605 g/mol. The zero-order valence-corrected chi connectivity index (χ0v) is 22.7. The molecule has 1 aliphatic carbocycles. The molecule has 40 heavy (non-hydrogen) atoms. The molecule has 5 rings (SSSR count). The van der Waals surface area contributed by atoms with E-state index in [4.69, 9.17) is 25.8 Å². The molecule has 0 spiro atoms. The highest BCUT2D eigenvalue weighted by molar-refractivity contribution is 7.53. The van der Waals surface area contributed by atoms with Crippen molar-refractivity contribution >= 4 is 30.5 Å². The number of aromatic nitrogens is 7. The maximum absolute atomic E-state index is 12.3. The number of hydrogen-bond donors (Lipinski definition) is 7. The molecule has 17 nitrogen and oxygen atoms in total. The highest BCUT2D eigenvalue weighted by Crippen LogP contribution is 2.51. The number of H-pyrrole nitrogens is 1. The van der Waals surface area contributed by atoms with Crippen LogP contribution >= 0.6 is 19.2 Å². The average Bonchev–Trinajstić information content (AvgIpc) is 3.61. The van der Waals surface area contributed by atoms with Gasteiger partial charge in [-0.15, -0.1) is 15.3 Å². The van der Waals surface area contributed by atoms with Gasteiger partial charge in [-0.1, -0.05) is 11.6 Å². The molecule has 0 amide bonds. The lowest BCUT2D eigenvalue weighted by atomic mass is 9.85. The molecule has 7 N–H and O–H groups in total. The zero-order valence-electron chi connectivity index (χ0n) is 21.1. The molecule has 5 atom stereocenters. The Morgan fingerprint density at radius 3 is 2.73 bits per heavy atom. The standard InChI is InChI=1S/C21H30ClN8O9P/c22-20-24-19(23-6-11-2-1-3-11)13-5-4-12(30(13)27-20)18-17(33)16(32)14(39-18)7-38-21(9-31,40(34,35)36)10-37-8-15-25-28-29-26-15/h4-5,11,14,16-18,31-33H,1-3,6-10H2,(H,23,24,27)(H2,34,35,36)(H,25,26,28,29)/t14-,16-,17-,18+,21-/m1/s1. The van der Waals surface area contributed by atoms with Crippen molar-refractivity contribution in [2.75, 3.05) is 31.7 Å². The third-order valence-electron chi connectivity index (χ3n) is 7.19. The van der Waals surface area contributed by atoms with Gasteiger partial charge >= 0.3 is 7.60 Å². The summed E-state index contributed by atoms with van der Waals surface area (Å²) in [5, 5.41) is 49.3. The number of anilines is 1. The predicted octanol–water partition coefficient (Wildman–Crippen LogP) is -0.631. The van der Waals surface area contributed by atoms with Crippen LogP contribution in [0.5, 0.6) is 0 Å². The summed E-state index contributed by atoms with van der Waals surface area (Å²) in [5.74, 6) is 1.19. The number of fused-ring (bicyclic) bond motifs is 1. The Bertz CT molecular complexity index is 1340. The Balaban J connectivity index is 1.29. The smallest absolute Gasteiger partial charge is 0.361 e. The monoisotopic (exact) mass is 604 g/mol. The van der Waals surface area contributed by atoms with Crippen molar-refractivity contribution < 1.29 is 43.9 Å². The van der Waals surface area contributed by atoms with E-state index in [1.807, 2.05) is 0 Å². The third-order valence-corrected chi connectivity index (χ3v) is 8.81. The van der Waals surface area contributed by atoms with Crippen LogP contribution in [0.1, 0.15) is 36.9 Å². The molecule has 3 aromatic heterocycles. The third kappa shape index (κ3) is 5.85. The van der Waals surface area contributed by atoms with Gasteiger partial charge in [0.2, 0.25) is 10.6 Å². The Kier molecular flexibility index (Phi) is 8.68. The van der Waals surface area contributed by atoms with Gasteiger partial charge in [0.15, 0.2) is 11.6 Å². The summed E-state index contributed by atoms with van der Waals surface area (Å²) in [5.41, 5.74) is 0.954. The van der Waals surface area contributed by atoms with Gasteiger partial charge in [0, 0.05) is 6.54 Å². The molecule has 1 saturated heterocycles. The quantitative estimate of drug-likeness (QED) is 0.120. The molecule has 1 saturated carbocycles. The van der Waals surface area contributed by atoms with Crippen LogP contribution < -0.4 is 5.32 Å². The van der Waals surface area contributed by atoms with E-state index < -0.39 is 57.2 Å². The van der Waals surface area contributed by atoms with Crippen LogP contribution in [0, 0.1) is 5.92 Å². The number of nitrogens with one attached hydrogen (secondary N) is 2. The maximum Gasteiger partial charge on any atom is 0.361 e. The van der Waals surface area contributed by atoms with Gasteiger partial charge in [0.25, 0.3) is 0 Å². The highest BCUT2D eigenvalue weighted by atomic mass is 35.5. The van der Waals surface area contributed by atoms with Gasteiger partial charge in [0.05, 0.1) is 25.5 Å². The normalized spacial score (nSPS) is 25.2. The summed E-state index contributed by atoms with van der Waals surface area (Å²) >= 11 is 6.17. The summed E-state index contributed by atoms with van der Waals surface area (Å²) in [4.78, 5) is 24.2. The molecule has 19 heteroatoms. The second-order valence-electron chi connectivity index (χ2n) is 9.82. The molecule has 4 heterocycles. The highest BCUT2D eigenvalue weighted by Gasteiger charge is 2.51. The summed E-state index contributed by atoms with van der Waals surface area (Å²) < 4.78 is 30.4. The second kappa shape index (κ2) is 11.9. The van der Waals surface area contributed by atoms with Gasteiger partial charge in [-0.05, 0) is 42.5 Å². The lowest BCUT2D eigenvalue weighted by molar-refractivity contribution is -0.126. The van der Waals surface area contributed by atoms with E-state index in [0.717, 1.165) is 19.4 Å². The fourth-order valence-corrected chi connectivity index (χ4v) is 5.43. The number of tetrazole rings is 1. The first-order valence-electron chi connectivity index (χ1n) is 12.5. The minimum Gasteiger partial charge on any atom is -0.393 e. The minimum atomic E-state index is -5.13. The molecular formula is C21H30ClN8O9P. The van der Waals surface area contributed by atoms with E-state index in [2.05, 4.69) is 36.0 Å². The first-order chi connectivity index (χ1) is 19.1. The zero-order chi connectivity index (χ0) is 28.5. The van der Waals surface area contributed by atoms with Crippen molar-refractivity contribution in [3.05, 3.63) is 28.9 Å². The number of ether oxygens (including phenoxy) is 3. The number of aromatic amines is 1. The van der Waals surface area contributed by atoms with Gasteiger partial charge in [-0.25, -0.2) is 4.52 Å². The van der Waals surface area contributed by atoms with E-state index in [0.29, 0.717) is 22.9 Å². The number of rotatable bonds is 13. The van der Waals surface area contributed by atoms with Crippen molar-refractivity contribution in [3.63, 3.8) is 0 Å². The van der Waals surface area contributed by atoms with Crippen LogP contribution in [0.15, 0.2) is 12.1 Å². The lowest BCUT2D eigenvalue weighted by Gasteiger charge is -2.33. The number of aliphatic hydroxyl groups is 3. The van der Waals surface area contributed by atoms with Crippen molar-refractivity contribution in [2.45, 2.75) is 55.6 Å². The molecule has 2 aliphatic rings. The van der Waals surface area contributed by atoms with Crippen LogP contribution in [0.3, 0.4) is 0 Å². The Labute approximate surface area is 232 Å². The largest absolute Gasteiger partial charge is 0.393 e. The van der Waals surface area contributed by atoms with Crippen LogP contribution in [-0.2, 0) is 25.4 Å². The van der Waals surface area contributed by atoms with Gasteiger partial charge in [-0.3, -0.25) is 4.57 Å². The van der Waals surface area contributed by atoms with Crippen LogP contribution in [0.4, 0.5) is 5.82 Å². The number of nitrogens with zero attached hydrogens (tertiary/aromatic N) is 6. The van der Waals surface area contributed by atoms with E-state index in [1.165, 1.54) is 10.9 Å². The molecule has 3 aromatic rings. The SMILES string of the molecule is O=P(O)(O)[C@](CO)(COCc1nn[nH]n1)OC[C@H]1O[C@@H](c2ccc3c(NCC4CCC4)nc(Cl)nn23)[C@H](O)[C@@H]1O. The second-order valence-corrected chi connectivity index (χ2v) is 12.1. The molecule has 0 radical (unpaired) electrons. The number of aliphatic hydroxyl groups excluding tert-OH is 3. The van der Waals surface area contributed by atoms with E-state index in [1.54, 1.807) is 12.1 Å². The molecular weight excluding hydrogens is 575 g/mol. The van der Waals surface area contributed by atoms with Crippen molar-refractivity contribution in [2.24, 2.45) is 5.92 Å². The topological polar surface area (TPSA) is 243 Å². The Hall–Kier alpha value is -2.31. The van der Waals surface area contributed by atoms with E-state index in [-0.39, 0.29) is 17.7 Å². The molecule has 1 aliphatic heterocycles. The summed E-state index contributed by atoms with van der Waals surface area (Å²) in [6, 6.07) is 3.38. The Morgan fingerprint density at radius 2 is 2.08 bits per heavy atom. The molecule has 2 fully saturated rings. The van der Waals surface area contributed by atoms with Crippen molar-refractivity contribution in [1.82, 2.24) is 35.2 Å². The summed E-state index contributed by atoms with van der Waals surface area (Å²) in [7, 11) is -5.13. The van der Waals surface area contributed by atoms with Crippen LogP contribution in [0.25, 0.3) is 5.52 Å².